The monoisotopic (exact) mass is 408 g/mol. The minimum atomic E-state index is 0.553. The second-order valence-corrected chi connectivity index (χ2v) is 7.23. The van der Waals surface area contributed by atoms with Crippen LogP contribution in [0.25, 0.3) is 33.3 Å². The van der Waals surface area contributed by atoms with Gasteiger partial charge in [0.15, 0.2) is 0 Å². The van der Waals surface area contributed by atoms with E-state index in [2.05, 4.69) is 32.2 Å². The predicted molar refractivity (Wildman–Crippen MR) is 119 cm³/mol. The minimum Gasteiger partial charge on any atom is -0.496 e. The lowest BCUT2D eigenvalue weighted by Crippen LogP contribution is -2.01. The summed E-state index contributed by atoms with van der Waals surface area (Å²) < 4.78 is 7.45. The molecule has 0 bridgehead atoms. The highest BCUT2D eigenvalue weighted by atomic mass is 16.5. The Kier molecular flexibility index (Phi) is 4.84. The van der Waals surface area contributed by atoms with Crippen molar-refractivity contribution in [2.75, 3.05) is 7.11 Å². The summed E-state index contributed by atoms with van der Waals surface area (Å²) in [6.07, 6.45) is 11.5. The number of methoxy groups -OCH3 is 1. The third kappa shape index (κ3) is 3.73. The van der Waals surface area contributed by atoms with E-state index in [4.69, 9.17) is 9.72 Å². The Morgan fingerprint density at radius 1 is 0.903 bits per heavy atom. The van der Waals surface area contributed by atoms with E-state index in [0.717, 1.165) is 44.6 Å². The van der Waals surface area contributed by atoms with Gasteiger partial charge in [0.1, 0.15) is 17.1 Å². The molecule has 4 heterocycles. The highest BCUT2D eigenvalue weighted by molar-refractivity contribution is 5.90. The molecule has 0 fully saturated rings. The SMILES string of the molecule is COc1cc(-c2cnn(C)c2)ccc1Cc1ncc2ccnc(-c3ccncc3)c2n1. The molecule has 0 amide bonds. The van der Waals surface area contributed by atoms with E-state index in [1.807, 2.05) is 49.9 Å². The molecule has 0 radical (unpaired) electrons. The van der Waals surface area contributed by atoms with Crippen molar-refractivity contribution in [3.05, 3.63) is 85.0 Å². The zero-order chi connectivity index (χ0) is 21.2. The van der Waals surface area contributed by atoms with Crippen molar-refractivity contribution in [1.29, 1.82) is 0 Å². The van der Waals surface area contributed by atoms with Gasteiger partial charge in [-0.25, -0.2) is 9.97 Å². The zero-order valence-corrected chi connectivity index (χ0v) is 17.2. The first kappa shape index (κ1) is 18.9. The zero-order valence-electron chi connectivity index (χ0n) is 17.2. The van der Waals surface area contributed by atoms with Gasteiger partial charge in [-0.05, 0) is 29.8 Å². The average molecular weight is 408 g/mol. The molecule has 1 aromatic carbocycles. The van der Waals surface area contributed by atoms with E-state index in [9.17, 15) is 0 Å². The fourth-order valence-electron chi connectivity index (χ4n) is 3.61. The van der Waals surface area contributed by atoms with Gasteiger partial charge in [0.05, 0.1) is 19.0 Å². The second-order valence-electron chi connectivity index (χ2n) is 7.23. The molecule has 0 aliphatic carbocycles. The first-order valence-electron chi connectivity index (χ1n) is 9.88. The topological polar surface area (TPSA) is 78.6 Å². The van der Waals surface area contributed by atoms with Crippen LogP contribution in [0.4, 0.5) is 0 Å². The normalized spacial score (nSPS) is 11.0. The molecule has 0 aliphatic rings. The van der Waals surface area contributed by atoms with E-state index >= 15 is 0 Å². The van der Waals surface area contributed by atoms with E-state index in [-0.39, 0.29) is 0 Å². The fraction of sp³-hybridized carbons (Fsp3) is 0.125. The average Bonchev–Trinajstić information content (AvgIpc) is 3.25. The maximum Gasteiger partial charge on any atom is 0.133 e. The van der Waals surface area contributed by atoms with Crippen LogP contribution in [0.15, 0.2) is 73.6 Å². The quantitative estimate of drug-likeness (QED) is 0.436. The molecule has 152 valence electrons. The summed E-state index contributed by atoms with van der Waals surface area (Å²) in [6.45, 7) is 0. The van der Waals surface area contributed by atoms with Gasteiger partial charge in [0.25, 0.3) is 0 Å². The van der Waals surface area contributed by atoms with Crippen LogP contribution in [0.5, 0.6) is 5.75 Å². The molecule has 0 unspecified atom stereocenters. The van der Waals surface area contributed by atoms with Crippen molar-refractivity contribution in [2.24, 2.45) is 7.05 Å². The van der Waals surface area contributed by atoms with Gasteiger partial charge in [-0.3, -0.25) is 14.6 Å². The summed E-state index contributed by atoms with van der Waals surface area (Å²) in [4.78, 5) is 18.1. The van der Waals surface area contributed by atoms with Crippen LogP contribution in [0.1, 0.15) is 11.4 Å². The molecule has 7 heteroatoms. The standard InChI is InChI=1S/C24H20N6O/c1-30-15-20(14-28-30)17-3-4-18(21(11-17)31-2)12-22-27-13-19-7-10-26-23(24(19)29-22)16-5-8-25-9-6-16/h3-11,13-15H,12H2,1-2H3. The van der Waals surface area contributed by atoms with Crippen LogP contribution in [0.2, 0.25) is 0 Å². The molecule has 0 aliphatic heterocycles. The lowest BCUT2D eigenvalue weighted by Gasteiger charge is -2.11. The van der Waals surface area contributed by atoms with Crippen molar-refractivity contribution < 1.29 is 4.74 Å². The molecule has 0 saturated carbocycles. The number of aromatic nitrogens is 6. The largest absolute Gasteiger partial charge is 0.496 e. The summed E-state index contributed by atoms with van der Waals surface area (Å²) >= 11 is 0. The van der Waals surface area contributed by atoms with Crippen LogP contribution in [-0.2, 0) is 13.5 Å². The summed E-state index contributed by atoms with van der Waals surface area (Å²) in [5.41, 5.74) is 5.74. The molecular formula is C24H20N6O. The molecule has 0 atom stereocenters. The number of rotatable bonds is 5. The van der Waals surface area contributed by atoms with Crippen LogP contribution < -0.4 is 4.74 Å². The van der Waals surface area contributed by atoms with Gasteiger partial charge >= 0.3 is 0 Å². The summed E-state index contributed by atoms with van der Waals surface area (Å²) in [6, 6.07) is 11.9. The van der Waals surface area contributed by atoms with Crippen molar-refractivity contribution in [3.8, 4) is 28.1 Å². The molecule has 31 heavy (non-hydrogen) atoms. The van der Waals surface area contributed by atoms with E-state index in [0.29, 0.717) is 12.2 Å². The number of hydrogen-bond donors (Lipinski definition) is 0. The Bertz CT molecular complexity index is 1360. The minimum absolute atomic E-state index is 0.553. The fourth-order valence-corrected chi connectivity index (χ4v) is 3.61. The van der Waals surface area contributed by atoms with Crippen LogP contribution in [0.3, 0.4) is 0 Å². The van der Waals surface area contributed by atoms with E-state index in [1.54, 1.807) is 30.4 Å². The Balaban J connectivity index is 1.52. The van der Waals surface area contributed by atoms with Gasteiger partial charge in [-0.1, -0.05) is 12.1 Å². The summed E-state index contributed by atoms with van der Waals surface area (Å²) in [5.74, 6) is 1.51. The molecule has 5 aromatic rings. The first-order chi connectivity index (χ1) is 15.2. The number of pyridine rings is 2. The maximum absolute atomic E-state index is 5.66. The highest BCUT2D eigenvalue weighted by Gasteiger charge is 2.12. The second kappa shape index (κ2) is 7.95. The smallest absolute Gasteiger partial charge is 0.133 e. The predicted octanol–water partition coefficient (Wildman–Crippen LogP) is 4.09. The van der Waals surface area contributed by atoms with Gasteiger partial charge in [0, 0.05) is 66.5 Å². The van der Waals surface area contributed by atoms with Crippen molar-refractivity contribution >= 4 is 10.9 Å². The maximum atomic E-state index is 5.66. The van der Waals surface area contributed by atoms with Gasteiger partial charge in [-0.2, -0.15) is 5.10 Å². The lowest BCUT2D eigenvalue weighted by atomic mass is 10.0. The number of nitrogens with zero attached hydrogens (tertiary/aromatic N) is 6. The third-order valence-electron chi connectivity index (χ3n) is 5.18. The number of hydrogen-bond acceptors (Lipinski definition) is 6. The van der Waals surface area contributed by atoms with Gasteiger partial charge < -0.3 is 4.74 Å². The number of benzene rings is 1. The van der Waals surface area contributed by atoms with Crippen LogP contribution in [0, 0.1) is 0 Å². The van der Waals surface area contributed by atoms with Gasteiger partial charge in [-0.15, -0.1) is 0 Å². The van der Waals surface area contributed by atoms with Gasteiger partial charge in [0.2, 0.25) is 0 Å². The third-order valence-corrected chi connectivity index (χ3v) is 5.18. The summed E-state index contributed by atoms with van der Waals surface area (Å²) in [5, 5.41) is 5.20. The van der Waals surface area contributed by atoms with Crippen molar-refractivity contribution in [3.63, 3.8) is 0 Å². The summed E-state index contributed by atoms with van der Waals surface area (Å²) in [7, 11) is 3.58. The number of fused-ring (bicyclic) bond motifs is 1. The Morgan fingerprint density at radius 3 is 2.55 bits per heavy atom. The molecule has 5 rings (SSSR count). The molecule has 0 saturated heterocycles. The Morgan fingerprint density at radius 2 is 1.77 bits per heavy atom. The molecule has 4 aromatic heterocycles. The lowest BCUT2D eigenvalue weighted by molar-refractivity contribution is 0.410. The highest BCUT2D eigenvalue weighted by Crippen LogP contribution is 2.29. The van der Waals surface area contributed by atoms with E-state index in [1.165, 1.54) is 0 Å². The number of aryl methyl sites for hydroxylation is 1. The molecular weight excluding hydrogens is 388 g/mol. The van der Waals surface area contributed by atoms with Crippen molar-refractivity contribution in [2.45, 2.75) is 6.42 Å². The molecule has 0 N–H and O–H groups in total. The van der Waals surface area contributed by atoms with E-state index < -0.39 is 0 Å². The molecule has 0 spiro atoms. The Labute approximate surface area is 179 Å². The number of ether oxygens (including phenoxy) is 1. The van der Waals surface area contributed by atoms with Crippen LogP contribution >= 0.6 is 0 Å². The first-order valence-corrected chi connectivity index (χ1v) is 9.88. The Hall–Kier alpha value is -4.13. The molecule has 7 nitrogen and oxygen atoms in total. The van der Waals surface area contributed by atoms with Crippen LogP contribution in [-0.4, -0.2) is 36.8 Å². The van der Waals surface area contributed by atoms with Crippen molar-refractivity contribution in [1.82, 2.24) is 29.7 Å².